The number of hydrogen-bond donors (Lipinski definition) is 0. The lowest BCUT2D eigenvalue weighted by atomic mass is 10.3. The van der Waals surface area contributed by atoms with E-state index in [9.17, 15) is 9.59 Å². The van der Waals surface area contributed by atoms with Gasteiger partial charge in [0.1, 0.15) is 6.33 Å². The van der Waals surface area contributed by atoms with Crippen molar-refractivity contribution < 1.29 is 14.3 Å². The third-order valence-electron chi connectivity index (χ3n) is 1.88. The van der Waals surface area contributed by atoms with Gasteiger partial charge >= 0.3 is 11.9 Å². The van der Waals surface area contributed by atoms with E-state index in [0.29, 0.717) is 0 Å². The third-order valence-corrected chi connectivity index (χ3v) is 1.88. The molecule has 2 aromatic heterocycles. The van der Waals surface area contributed by atoms with Crippen molar-refractivity contribution in [3.05, 3.63) is 54.4 Å². The molecule has 0 aliphatic rings. The molecule has 0 bridgehead atoms. The van der Waals surface area contributed by atoms with Crippen LogP contribution in [0.4, 0.5) is 0 Å². The fourth-order valence-electron chi connectivity index (χ4n) is 1.09. The summed E-state index contributed by atoms with van der Waals surface area (Å²) in [6.45, 7) is 0. The average molecular weight is 229 g/mol. The molecule has 0 aliphatic heterocycles. The maximum Gasteiger partial charge on any atom is 0.349 e. The minimum absolute atomic E-state index is 0.116. The van der Waals surface area contributed by atoms with Crippen LogP contribution in [-0.4, -0.2) is 26.9 Å². The summed E-state index contributed by atoms with van der Waals surface area (Å²) in [6, 6.07) is 3.08. The summed E-state index contributed by atoms with van der Waals surface area (Å²) in [5, 5.41) is 0. The molecule has 2 aromatic rings. The van der Waals surface area contributed by atoms with E-state index in [1.54, 1.807) is 6.07 Å². The molecule has 0 amide bonds. The normalized spacial score (nSPS) is 9.65. The van der Waals surface area contributed by atoms with Crippen LogP contribution in [0.5, 0.6) is 0 Å². The first kappa shape index (κ1) is 10.9. The Labute approximate surface area is 96.3 Å². The molecule has 0 spiro atoms. The highest BCUT2D eigenvalue weighted by Crippen LogP contribution is 2.03. The van der Waals surface area contributed by atoms with Crippen LogP contribution in [0.2, 0.25) is 0 Å². The Bertz CT molecular complexity index is 479. The van der Waals surface area contributed by atoms with Crippen LogP contribution in [0.3, 0.4) is 0 Å². The first-order valence-electron chi connectivity index (χ1n) is 4.69. The van der Waals surface area contributed by atoms with E-state index in [2.05, 4.69) is 19.7 Å². The molecule has 0 unspecified atom stereocenters. The van der Waals surface area contributed by atoms with E-state index in [4.69, 9.17) is 0 Å². The van der Waals surface area contributed by atoms with Crippen LogP contribution in [-0.2, 0) is 4.74 Å². The highest BCUT2D eigenvalue weighted by molar-refractivity contribution is 6.02. The molecule has 17 heavy (non-hydrogen) atoms. The lowest BCUT2D eigenvalue weighted by molar-refractivity contribution is 0.0397. The minimum Gasteiger partial charge on any atom is -0.386 e. The third kappa shape index (κ3) is 2.69. The van der Waals surface area contributed by atoms with Crippen molar-refractivity contribution in [3.8, 4) is 0 Å². The molecule has 0 aromatic carbocycles. The van der Waals surface area contributed by atoms with Gasteiger partial charge in [0, 0.05) is 24.8 Å². The smallest absolute Gasteiger partial charge is 0.349 e. The van der Waals surface area contributed by atoms with Gasteiger partial charge in [0.2, 0.25) is 0 Å². The Hall–Kier alpha value is -2.63. The Kier molecular flexibility index (Phi) is 3.15. The molecular weight excluding hydrogens is 222 g/mol. The van der Waals surface area contributed by atoms with Crippen molar-refractivity contribution in [1.29, 1.82) is 0 Å². The second-order valence-corrected chi connectivity index (χ2v) is 3.05. The molecule has 0 saturated heterocycles. The highest BCUT2D eigenvalue weighted by Gasteiger charge is 2.14. The minimum atomic E-state index is -0.792. The quantitative estimate of drug-likeness (QED) is 0.561. The monoisotopic (exact) mass is 229 g/mol. The molecule has 0 atom stereocenters. The fourth-order valence-corrected chi connectivity index (χ4v) is 1.09. The summed E-state index contributed by atoms with van der Waals surface area (Å²) in [4.78, 5) is 34.0. The molecule has 0 saturated carbocycles. The van der Waals surface area contributed by atoms with Gasteiger partial charge in [0.25, 0.3) is 0 Å². The maximum absolute atomic E-state index is 11.5. The molecule has 84 valence electrons. The number of aromatic nitrogens is 3. The molecule has 2 heterocycles. The zero-order valence-electron chi connectivity index (χ0n) is 8.61. The van der Waals surface area contributed by atoms with Crippen LogP contribution in [0.15, 0.2) is 43.2 Å². The van der Waals surface area contributed by atoms with Gasteiger partial charge in [0.15, 0.2) is 0 Å². The van der Waals surface area contributed by atoms with Crippen LogP contribution in [0.1, 0.15) is 20.7 Å². The Morgan fingerprint density at radius 2 is 1.59 bits per heavy atom. The summed E-state index contributed by atoms with van der Waals surface area (Å²) >= 11 is 0. The van der Waals surface area contributed by atoms with E-state index in [1.165, 1.54) is 37.2 Å². The summed E-state index contributed by atoms with van der Waals surface area (Å²) < 4.78 is 4.62. The van der Waals surface area contributed by atoms with Gasteiger partial charge in [-0.05, 0) is 12.1 Å². The van der Waals surface area contributed by atoms with E-state index in [1.807, 2.05) is 0 Å². The Balaban J connectivity index is 2.08. The van der Waals surface area contributed by atoms with Gasteiger partial charge in [-0.3, -0.25) is 4.98 Å². The van der Waals surface area contributed by atoms with Crippen molar-refractivity contribution >= 4 is 11.9 Å². The lowest BCUT2D eigenvalue weighted by Gasteiger charge is -2.01. The Morgan fingerprint density at radius 1 is 0.941 bits per heavy atom. The molecule has 0 fully saturated rings. The highest BCUT2D eigenvalue weighted by atomic mass is 16.6. The number of hydrogen-bond acceptors (Lipinski definition) is 6. The van der Waals surface area contributed by atoms with Crippen LogP contribution < -0.4 is 0 Å². The Morgan fingerprint density at radius 3 is 2.24 bits per heavy atom. The van der Waals surface area contributed by atoms with Gasteiger partial charge in [-0.25, -0.2) is 19.6 Å². The van der Waals surface area contributed by atoms with E-state index < -0.39 is 11.9 Å². The predicted octanol–water partition coefficient (Wildman–Crippen LogP) is 0.869. The van der Waals surface area contributed by atoms with Crippen LogP contribution >= 0.6 is 0 Å². The molecular formula is C11H7N3O3. The zero-order chi connectivity index (χ0) is 12.1. The predicted molar refractivity (Wildman–Crippen MR) is 56.0 cm³/mol. The van der Waals surface area contributed by atoms with Gasteiger partial charge in [-0.1, -0.05) is 0 Å². The largest absolute Gasteiger partial charge is 0.386 e. The van der Waals surface area contributed by atoms with Gasteiger partial charge < -0.3 is 4.74 Å². The van der Waals surface area contributed by atoms with E-state index in [0.717, 1.165) is 0 Å². The summed E-state index contributed by atoms with van der Waals surface area (Å²) in [7, 11) is 0. The topological polar surface area (TPSA) is 82.0 Å². The van der Waals surface area contributed by atoms with Crippen molar-refractivity contribution in [3.63, 3.8) is 0 Å². The number of rotatable bonds is 2. The molecule has 0 N–H and O–H groups in total. The van der Waals surface area contributed by atoms with E-state index in [-0.39, 0.29) is 11.1 Å². The van der Waals surface area contributed by atoms with Gasteiger partial charge in [-0.15, -0.1) is 0 Å². The molecule has 6 nitrogen and oxygen atoms in total. The summed E-state index contributed by atoms with van der Waals surface area (Å²) in [5.41, 5.74) is 0.322. The second kappa shape index (κ2) is 4.93. The van der Waals surface area contributed by atoms with Crippen LogP contribution in [0.25, 0.3) is 0 Å². The molecule has 6 heteroatoms. The molecule has 0 radical (unpaired) electrons. The summed E-state index contributed by atoms with van der Waals surface area (Å²) in [5.74, 6) is -1.55. The van der Waals surface area contributed by atoms with E-state index >= 15 is 0 Å². The maximum atomic E-state index is 11.5. The average Bonchev–Trinajstić information content (AvgIpc) is 2.40. The van der Waals surface area contributed by atoms with Crippen molar-refractivity contribution in [1.82, 2.24) is 15.0 Å². The second-order valence-electron chi connectivity index (χ2n) is 3.05. The van der Waals surface area contributed by atoms with Gasteiger partial charge in [-0.2, -0.15) is 0 Å². The first-order chi connectivity index (χ1) is 8.27. The summed E-state index contributed by atoms with van der Waals surface area (Å²) in [6.07, 6.45) is 6.65. The fraction of sp³-hybridized carbons (Fsp3) is 0. The lowest BCUT2D eigenvalue weighted by Crippen LogP contribution is -2.13. The van der Waals surface area contributed by atoms with Crippen molar-refractivity contribution in [2.24, 2.45) is 0 Å². The number of nitrogens with zero attached hydrogens (tertiary/aromatic N) is 3. The molecule has 2 rings (SSSR count). The number of carbonyl (C=O) groups excluding carboxylic acids is 2. The molecule has 0 aliphatic carbocycles. The van der Waals surface area contributed by atoms with Crippen LogP contribution in [0, 0.1) is 0 Å². The SMILES string of the molecule is O=C(OC(=O)c1cncnc1)c1cccnc1. The number of ether oxygens (including phenoxy) is 1. The van der Waals surface area contributed by atoms with Crippen molar-refractivity contribution in [2.75, 3.05) is 0 Å². The standard InChI is InChI=1S/C11H7N3O3/c15-10(8-2-1-3-12-4-8)17-11(16)9-5-13-7-14-6-9/h1-7H. The first-order valence-corrected chi connectivity index (χ1v) is 4.69. The van der Waals surface area contributed by atoms with Crippen molar-refractivity contribution in [2.45, 2.75) is 0 Å². The number of carbonyl (C=O) groups is 2. The van der Waals surface area contributed by atoms with Gasteiger partial charge in [0.05, 0.1) is 11.1 Å². The number of pyridine rings is 1. The number of esters is 2. The zero-order valence-corrected chi connectivity index (χ0v) is 8.61.